The zero-order valence-electron chi connectivity index (χ0n) is 11.3. The summed E-state index contributed by atoms with van der Waals surface area (Å²) in [5.74, 6) is -0.490. The van der Waals surface area contributed by atoms with E-state index in [1.807, 2.05) is 4.90 Å². The molecule has 2 rings (SSSR count). The Hall–Kier alpha value is -1.06. The van der Waals surface area contributed by atoms with Gasteiger partial charge in [-0.25, -0.2) is 0 Å². The quantitative estimate of drug-likeness (QED) is 0.837. The molecule has 1 aliphatic carbocycles. The normalized spacial score (nSPS) is 36.0. The molecule has 1 heterocycles. The summed E-state index contributed by atoms with van der Waals surface area (Å²) >= 11 is 0. The second-order valence-electron chi connectivity index (χ2n) is 5.98. The van der Waals surface area contributed by atoms with Crippen LogP contribution in [0, 0.1) is 23.7 Å². The van der Waals surface area contributed by atoms with Gasteiger partial charge in [-0.05, 0) is 31.1 Å². The molecule has 1 aliphatic heterocycles. The molecule has 1 saturated heterocycles. The van der Waals surface area contributed by atoms with Crippen molar-refractivity contribution in [3.8, 4) is 0 Å². The minimum Gasteiger partial charge on any atom is -0.481 e. The first-order valence-corrected chi connectivity index (χ1v) is 7.04. The Morgan fingerprint density at radius 1 is 1.28 bits per heavy atom. The van der Waals surface area contributed by atoms with Crippen LogP contribution in [0.5, 0.6) is 0 Å². The van der Waals surface area contributed by atoms with Gasteiger partial charge in [-0.1, -0.05) is 20.3 Å². The molecule has 1 saturated carbocycles. The molecule has 2 unspecified atom stereocenters. The van der Waals surface area contributed by atoms with Crippen molar-refractivity contribution in [2.45, 2.75) is 39.5 Å². The van der Waals surface area contributed by atoms with Crippen LogP contribution in [0.15, 0.2) is 0 Å². The van der Waals surface area contributed by atoms with Crippen LogP contribution >= 0.6 is 0 Å². The van der Waals surface area contributed by atoms with E-state index in [-0.39, 0.29) is 11.8 Å². The van der Waals surface area contributed by atoms with E-state index in [2.05, 4.69) is 13.8 Å². The molecule has 0 spiro atoms. The fourth-order valence-corrected chi connectivity index (χ4v) is 3.39. The summed E-state index contributed by atoms with van der Waals surface area (Å²) in [7, 11) is 0. The summed E-state index contributed by atoms with van der Waals surface area (Å²) in [6, 6.07) is 0. The van der Waals surface area contributed by atoms with E-state index in [1.165, 1.54) is 0 Å². The highest BCUT2D eigenvalue weighted by Gasteiger charge is 2.44. The van der Waals surface area contributed by atoms with Crippen molar-refractivity contribution in [3.63, 3.8) is 0 Å². The maximum Gasteiger partial charge on any atom is 0.307 e. The van der Waals surface area contributed by atoms with Crippen LogP contribution in [0.4, 0.5) is 0 Å². The van der Waals surface area contributed by atoms with Gasteiger partial charge in [0.2, 0.25) is 5.91 Å². The molecular weight excluding hydrogens is 230 g/mol. The number of hydrogen-bond acceptors (Lipinski definition) is 2. The molecule has 2 aliphatic rings. The maximum atomic E-state index is 12.4. The highest BCUT2D eigenvalue weighted by atomic mass is 16.4. The summed E-state index contributed by atoms with van der Waals surface area (Å²) in [6.45, 7) is 5.83. The smallest absolute Gasteiger partial charge is 0.307 e. The third-order valence-corrected chi connectivity index (χ3v) is 4.61. The molecule has 1 amide bonds. The molecule has 0 radical (unpaired) electrons. The number of rotatable bonds is 3. The predicted octanol–water partition coefficient (Wildman–Crippen LogP) is 1.99. The molecule has 1 N–H and O–H groups in total. The Morgan fingerprint density at radius 3 is 2.44 bits per heavy atom. The van der Waals surface area contributed by atoms with Gasteiger partial charge in [-0.2, -0.15) is 0 Å². The largest absolute Gasteiger partial charge is 0.481 e. The van der Waals surface area contributed by atoms with Crippen LogP contribution in [0.25, 0.3) is 0 Å². The first kappa shape index (κ1) is 13.4. The van der Waals surface area contributed by atoms with Crippen LogP contribution in [0.2, 0.25) is 0 Å². The molecule has 0 aromatic rings. The predicted molar refractivity (Wildman–Crippen MR) is 68.0 cm³/mol. The van der Waals surface area contributed by atoms with Crippen molar-refractivity contribution in [1.82, 2.24) is 4.90 Å². The number of carboxylic acid groups (broad SMARTS) is 1. The van der Waals surface area contributed by atoms with E-state index in [1.54, 1.807) is 0 Å². The van der Waals surface area contributed by atoms with Crippen molar-refractivity contribution >= 4 is 11.9 Å². The van der Waals surface area contributed by atoms with Gasteiger partial charge in [-0.3, -0.25) is 9.59 Å². The van der Waals surface area contributed by atoms with Crippen molar-refractivity contribution < 1.29 is 14.7 Å². The monoisotopic (exact) mass is 253 g/mol. The van der Waals surface area contributed by atoms with Crippen LogP contribution in [-0.4, -0.2) is 35.0 Å². The van der Waals surface area contributed by atoms with E-state index in [4.69, 9.17) is 0 Å². The highest BCUT2D eigenvalue weighted by Crippen LogP contribution is 2.40. The topological polar surface area (TPSA) is 57.6 Å². The molecule has 4 nitrogen and oxygen atoms in total. The minimum atomic E-state index is -0.795. The Labute approximate surface area is 108 Å². The lowest BCUT2D eigenvalue weighted by molar-refractivity contribution is -0.148. The lowest BCUT2D eigenvalue weighted by Gasteiger charge is -2.23. The molecule has 18 heavy (non-hydrogen) atoms. The first-order chi connectivity index (χ1) is 8.52. The highest BCUT2D eigenvalue weighted by molar-refractivity contribution is 5.85. The van der Waals surface area contributed by atoms with E-state index < -0.39 is 11.9 Å². The molecule has 2 fully saturated rings. The Kier molecular flexibility index (Phi) is 3.93. The summed E-state index contributed by atoms with van der Waals surface area (Å²) in [5.41, 5.74) is 0. The van der Waals surface area contributed by atoms with Gasteiger partial charge in [0.25, 0.3) is 0 Å². The van der Waals surface area contributed by atoms with Crippen molar-refractivity contribution in [2.24, 2.45) is 23.7 Å². The van der Waals surface area contributed by atoms with E-state index in [9.17, 15) is 14.7 Å². The number of carbonyl (C=O) groups excluding carboxylic acids is 1. The number of nitrogens with zero attached hydrogens (tertiary/aromatic N) is 1. The van der Waals surface area contributed by atoms with Crippen molar-refractivity contribution in [1.29, 1.82) is 0 Å². The fraction of sp³-hybridized carbons (Fsp3) is 0.857. The number of amides is 1. The summed E-state index contributed by atoms with van der Waals surface area (Å²) < 4.78 is 0. The van der Waals surface area contributed by atoms with Gasteiger partial charge in [0.1, 0.15) is 0 Å². The number of carbonyl (C=O) groups is 2. The Bertz CT molecular complexity index is 342. The summed E-state index contributed by atoms with van der Waals surface area (Å²) in [5, 5.41) is 9.27. The van der Waals surface area contributed by atoms with Gasteiger partial charge in [0.05, 0.1) is 11.8 Å². The molecular formula is C14H23NO3. The maximum absolute atomic E-state index is 12.4. The van der Waals surface area contributed by atoms with Crippen LogP contribution in [0.1, 0.15) is 39.5 Å². The van der Waals surface area contributed by atoms with E-state index in [0.29, 0.717) is 18.3 Å². The average molecular weight is 253 g/mol. The lowest BCUT2D eigenvalue weighted by atomic mass is 9.95. The van der Waals surface area contributed by atoms with Gasteiger partial charge in [-0.15, -0.1) is 0 Å². The summed E-state index contributed by atoms with van der Waals surface area (Å²) in [4.78, 5) is 25.6. The minimum absolute atomic E-state index is 0.0858. The standard InChI is InChI=1S/C14H23NO3/c1-3-10-6-11(12(7-10)14(17)18)13(16)15-5-4-9(2)8-15/h9-12H,3-8H2,1-2H3,(H,17,18)/t9?,10?,11-,12+/m0/s1. The first-order valence-electron chi connectivity index (χ1n) is 7.04. The number of hydrogen-bond donors (Lipinski definition) is 1. The van der Waals surface area contributed by atoms with E-state index >= 15 is 0 Å². The van der Waals surface area contributed by atoms with Crippen LogP contribution in [-0.2, 0) is 9.59 Å². The molecule has 0 bridgehead atoms. The third kappa shape index (κ3) is 2.52. The Morgan fingerprint density at radius 2 is 1.94 bits per heavy atom. The van der Waals surface area contributed by atoms with Crippen molar-refractivity contribution in [2.75, 3.05) is 13.1 Å². The van der Waals surface area contributed by atoms with Gasteiger partial charge in [0, 0.05) is 13.1 Å². The van der Waals surface area contributed by atoms with Crippen molar-refractivity contribution in [3.05, 3.63) is 0 Å². The number of carboxylic acids is 1. The fourth-order valence-electron chi connectivity index (χ4n) is 3.39. The second kappa shape index (κ2) is 5.29. The van der Waals surface area contributed by atoms with Gasteiger partial charge < -0.3 is 10.0 Å². The zero-order valence-corrected chi connectivity index (χ0v) is 11.3. The number of likely N-dealkylation sites (tertiary alicyclic amines) is 1. The van der Waals surface area contributed by atoms with E-state index in [0.717, 1.165) is 32.4 Å². The zero-order chi connectivity index (χ0) is 13.3. The molecule has 102 valence electrons. The number of aliphatic carboxylic acids is 1. The Balaban J connectivity index is 2.05. The van der Waals surface area contributed by atoms with Gasteiger partial charge in [0.15, 0.2) is 0 Å². The SMILES string of the molecule is CCC1C[C@H](C(=O)N2CCC(C)C2)[C@H](C(=O)O)C1. The average Bonchev–Trinajstić information content (AvgIpc) is 2.93. The molecule has 4 heteroatoms. The van der Waals surface area contributed by atoms with Crippen LogP contribution < -0.4 is 0 Å². The lowest BCUT2D eigenvalue weighted by Crippen LogP contribution is -2.37. The van der Waals surface area contributed by atoms with Gasteiger partial charge >= 0.3 is 5.97 Å². The van der Waals surface area contributed by atoms with Crippen LogP contribution in [0.3, 0.4) is 0 Å². The molecule has 4 atom stereocenters. The third-order valence-electron chi connectivity index (χ3n) is 4.61. The molecule has 0 aromatic heterocycles. The molecule has 0 aromatic carbocycles. The second-order valence-corrected chi connectivity index (χ2v) is 5.98. The summed E-state index contributed by atoms with van der Waals surface area (Å²) in [6.07, 6.45) is 3.46.